The van der Waals surface area contributed by atoms with Crippen LogP contribution in [0.2, 0.25) is 0 Å². The Bertz CT molecular complexity index is 812. The highest BCUT2D eigenvalue weighted by Gasteiger charge is 2.21. The summed E-state index contributed by atoms with van der Waals surface area (Å²) in [6, 6.07) is 1.80. The van der Waals surface area contributed by atoms with Crippen molar-refractivity contribution in [2.24, 2.45) is 5.92 Å². The summed E-state index contributed by atoms with van der Waals surface area (Å²) in [6.45, 7) is 7.96. The highest BCUT2D eigenvalue weighted by Crippen LogP contribution is 2.22. The van der Waals surface area contributed by atoms with Crippen LogP contribution < -0.4 is 5.56 Å². The molecule has 1 fully saturated rings. The second-order valence-electron chi connectivity index (χ2n) is 6.11. The van der Waals surface area contributed by atoms with E-state index in [4.69, 9.17) is 0 Å². The summed E-state index contributed by atoms with van der Waals surface area (Å²) in [5.41, 5.74) is -0.0670. The zero-order valence-electron chi connectivity index (χ0n) is 13.7. The van der Waals surface area contributed by atoms with Crippen LogP contribution in [0.15, 0.2) is 34.1 Å². The van der Waals surface area contributed by atoms with Gasteiger partial charge >= 0.3 is 0 Å². The number of hydrogen-bond donors (Lipinski definition) is 0. The summed E-state index contributed by atoms with van der Waals surface area (Å²) >= 11 is 2.79. The van der Waals surface area contributed by atoms with Crippen LogP contribution in [-0.4, -0.2) is 39.2 Å². The van der Waals surface area contributed by atoms with Crippen LogP contribution in [-0.2, 0) is 11.3 Å². The van der Waals surface area contributed by atoms with E-state index in [1.54, 1.807) is 16.7 Å². The maximum Gasteiger partial charge on any atom is 0.263 e. The fourth-order valence-electron chi connectivity index (χ4n) is 2.96. The van der Waals surface area contributed by atoms with E-state index in [1.165, 1.54) is 29.5 Å². The molecule has 3 rings (SSSR count). The average Bonchev–Trinajstić information content (AvgIpc) is 3.04. The first-order valence-electron chi connectivity index (χ1n) is 8.09. The number of thioether (sulfide) groups is 1. The molecule has 0 aromatic carbocycles. The molecule has 0 radical (unpaired) electrons. The van der Waals surface area contributed by atoms with Crippen molar-refractivity contribution in [3.63, 3.8) is 0 Å². The van der Waals surface area contributed by atoms with E-state index in [1.807, 2.05) is 10.3 Å². The molecular weight excluding hydrogens is 342 g/mol. The minimum atomic E-state index is -0.0670. The molecule has 2 aromatic rings. The third kappa shape index (κ3) is 3.57. The summed E-state index contributed by atoms with van der Waals surface area (Å²) in [7, 11) is 0. The molecule has 1 unspecified atom stereocenters. The van der Waals surface area contributed by atoms with Gasteiger partial charge in [-0.25, -0.2) is 4.98 Å². The largest absolute Gasteiger partial charge is 0.342 e. The molecule has 128 valence electrons. The molecule has 5 nitrogen and oxygen atoms in total. The number of piperidine rings is 1. The van der Waals surface area contributed by atoms with Gasteiger partial charge in [-0.3, -0.25) is 14.2 Å². The van der Waals surface area contributed by atoms with Gasteiger partial charge in [0.1, 0.15) is 4.83 Å². The molecule has 1 aliphatic heterocycles. The molecule has 24 heavy (non-hydrogen) atoms. The second kappa shape index (κ2) is 7.53. The lowest BCUT2D eigenvalue weighted by Gasteiger charge is -2.30. The number of thiophene rings is 1. The van der Waals surface area contributed by atoms with Gasteiger partial charge < -0.3 is 4.90 Å². The molecule has 0 N–H and O–H groups in total. The lowest BCUT2D eigenvalue weighted by atomic mass is 10.0. The number of amides is 1. The van der Waals surface area contributed by atoms with Crippen LogP contribution in [0.25, 0.3) is 10.2 Å². The van der Waals surface area contributed by atoms with Gasteiger partial charge in [0.25, 0.3) is 5.56 Å². The van der Waals surface area contributed by atoms with Crippen molar-refractivity contribution in [2.45, 2.75) is 31.5 Å². The van der Waals surface area contributed by atoms with Gasteiger partial charge in [-0.2, -0.15) is 0 Å². The Balaban J connectivity index is 1.79. The second-order valence-corrected chi connectivity index (χ2v) is 7.95. The standard InChI is InChI=1S/C17H21N3O2S2/c1-3-7-20-16(22)13-6-9-23-15(13)18-17(20)24-11-14(21)19-8-4-5-12(2)10-19/h3,6,9,12H,1,4-5,7-8,10-11H2,2H3. The first-order chi connectivity index (χ1) is 11.6. The Labute approximate surface area is 149 Å². The van der Waals surface area contributed by atoms with Crippen LogP contribution in [0, 0.1) is 5.92 Å². The van der Waals surface area contributed by atoms with Crippen LogP contribution in [0.1, 0.15) is 19.8 Å². The SMILES string of the molecule is C=CCn1c(SCC(=O)N2CCCC(C)C2)nc2sccc2c1=O. The highest BCUT2D eigenvalue weighted by molar-refractivity contribution is 7.99. The quantitative estimate of drug-likeness (QED) is 0.465. The molecule has 1 atom stereocenters. The first-order valence-corrected chi connectivity index (χ1v) is 9.96. The van der Waals surface area contributed by atoms with Gasteiger partial charge in [-0.15, -0.1) is 17.9 Å². The summed E-state index contributed by atoms with van der Waals surface area (Å²) < 4.78 is 1.60. The number of fused-ring (bicyclic) bond motifs is 1. The van der Waals surface area contributed by atoms with Crippen molar-refractivity contribution in [3.8, 4) is 0 Å². The lowest BCUT2D eigenvalue weighted by Crippen LogP contribution is -2.40. The predicted octanol–water partition coefficient (Wildman–Crippen LogP) is 2.99. The maximum absolute atomic E-state index is 12.6. The van der Waals surface area contributed by atoms with Crippen LogP contribution in [0.5, 0.6) is 0 Å². The fraction of sp³-hybridized carbons (Fsp3) is 0.471. The molecule has 0 spiro atoms. The molecule has 0 saturated carbocycles. The number of allylic oxidation sites excluding steroid dienone is 1. The Morgan fingerprint density at radius 1 is 1.58 bits per heavy atom. The molecule has 1 amide bonds. The van der Waals surface area contributed by atoms with E-state index >= 15 is 0 Å². The number of rotatable bonds is 5. The normalized spacial score (nSPS) is 18.0. The zero-order chi connectivity index (χ0) is 17.1. The molecule has 1 aliphatic rings. The fourth-order valence-corrected chi connectivity index (χ4v) is 4.68. The van der Waals surface area contributed by atoms with Gasteiger partial charge in [0.15, 0.2) is 5.16 Å². The van der Waals surface area contributed by atoms with Gasteiger partial charge in [0.05, 0.1) is 11.1 Å². The van der Waals surface area contributed by atoms with Crippen molar-refractivity contribution in [1.82, 2.24) is 14.5 Å². The number of aromatic nitrogens is 2. The Morgan fingerprint density at radius 3 is 3.17 bits per heavy atom. The van der Waals surface area contributed by atoms with Gasteiger partial charge in [-0.1, -0.05) is 24.8 Å². The number of nitrogens with zero attached hydrogens (tertiary/aromatic N) is 3. The number of likely N-dealkylation sites (tertiary alicyclic amines) is 1. The summed E-state index contributed by atoms with van der Waals surface area (Å²) in [5.74, 6) is 0.997. The third-order valence-corrected chi connectivity index (χ3v) is 5.96. The first kappa shape index (κ1) is 17.2. The Morgan fingerprint density at radius 2 is 2.42 bits per heavy atom. The minimum absolute atomic E-state index is 0.0670. The molecule has 0 aliphatic carbocycles. The van der Waals surface area contributed by atoms with E-state index in [0.717, 1.165) is 24.3 Å². The van der Waals surface area contributed by atoms with E-state index < -0.39 is 0 Å². The number of hydrogen-bond acceptors (Lipinski definition) is 5. The summed E-state index contributed by atoms with van der Waals surface area (Å²) in [5, 5.41) is 3.09. The van der Waals surface area contributed by atoms with Crippen molar-refractivity contribution in [3.05, 3.63) is 34.5 Å². The monoisotopic (exact) mass is 363 g/mol. The minimum Gasteiger partial charge on any atom is -0.342 e. The van der Waals surface area contributed by atoms with E-state index in [9.17, 15) is 9.59 Å². The molecule has 3 heterocycles. The van der Waals surface area contributed by atoms with E-state index in [0.29, 0.717) is 28.8 Å². The molecule has 2 aromatic heterocycles. The van der Waals surface area contributed by atoms with Gasteiger partial charge in [-0.05, 0) is 30.2 Å². The molecular formula is C17H21N3O2S2. The van der Waals surface area contributed by atoms with Crippen molar-refractivity contribution < 1.29 is 4.79 Å². The van der Waals surface area contributed by atoms with Crippen LogP contribution >= 0.6 is 23.1 Å². The molecule has 7 heteroatoms. The molecule has 0 bridgehead atoms. The Hall–Kier alpha value is -1.60. The zero-order valence-corrected chi connectivity index (χ0v) is 15.4. The lowest BCUT2D eigenvalue weighted by molar-refractivity contribution is -0.130. The predicted molar refractivity (Wildman–Crippen MR) is 99.8 cm³/mol. The van der Waals surface area contributed by atoms with Gasteiger partial charge in [0.2, 0.25) is 5.91 Å². The van der Waals surface area contributed by atoms with Gasteiger partial charge in [0, 0.05) is 19.6 Å². The van der Waals surface area contributed by atoms with E-state index in [-0.39, 0.29) is 11.5 Å². The number of carbonyl (C=O) groups is 1. The van der Waals surface area contributed by atoms with Crippen molar-refractivity contribution in [2.75, 3.05) is 18.8 Å². The average molecular weight is 364 g/mol. The van der Waals surface area contributed by atoms with Crippen molar-refractivity contribution >= 4 is 39.2 Å². The maximum atomic E-state index is 12.6. The highest BCUT2D eigenvalue weighted by atomic mass is 32.2. The molecule has 1 saturated heterocycles. The Kier molecular flexibility index (Phi) is 5.40. The van der Waals surface area contributed by atoms with E-state index in [2.05, 4.69) is 18.5 Å². The van der Waals surface area contributed by atoms with Crippen LogP contribution in [0.4, 0.5) is 0 Å². The third-order valence-electron chi connectivity index (χ3n) is 4.19. The van der Waals surface area contributed by atoms with Crippen molar-refractivity contribution in [1.29, 1.82) is 0 Å². The topological polar surface area (TPSA) is 55.2 Å². The number of carbonyl (C=O) groups excluding carboxylic acids is 1. The summed E-state index contributed by atoms with van der Waals surface area (Å²) in [4.78, 5) is 32.2. The summed E-state index contributed by atoms with van der Waals surface area (Å²) in [6.07, 6.45) is 3.93. The smallest absolute Gasteiger partial charge is 0.263 e. The van der Waals surface area contributed by atoms with Crippen LogP contribution in [0.3, 0.4) is 0 Å².